The first kappa shape index (κ1) is 4.47. The van der Waals surface area contributed by atoms with Crippen molar-refractivity contribution in [2.75, 3.05) is 13.1 Å². The van der Waals surface area contributed by atoms with Crippen molar-refractivity contribution in [3.05, 3.63) is 0 Å². The van der Waals surface area contributed by atoms with Gasteiger partial charge in [0.1, 0.15) is 0 Å². The van der Waals surface area contributed by atoms with Crippen molar-refractivity contribution in [2.45, 2.75) is 0 Å². The first-order valence-corrected chi connectivity index (χ1v) is 2.33. The maximum absolute atomic E-state index is 4.83. The van der Waals surface area contributed by atoms with Crippen LogP contribution in [0.1, 0.15) is 0 Å². The molecule has 1 rings (SSSR count). The molecule has 3 heteroatoms. The van der Waals surface area contributed by atoms with Crippen molar-refractivity contribution >= 4 is 4.67 Å². The molecule has 6 heavy (non-hydrogen) atoms. The van der Waals surface area contributed by atoms with Crippen molar-refractivity contribution in [3.8, 4) is 0 Å². The van der Waals surface area contributed by atoms with Crippen LogP contribution in [0.25, 0.3) is 0 Å². The minimum atomic E-state index is 0.766. The Bertz CT molecular complexity index is 63.2. The molecule has 0 bridgehead atoms. The molecule has 1 aliphatic rings. The van der Waals surface area contributed by atoms with Crippen LogP contribution in [0, 0.1) is 0 Å². The van der Waals surface area contributed by atoms with Crippen LogP contribution >= 0.6 is 0 Å². The monoisotopic (exact) mass is 133 g/mol. The van der Waals surface area contributed by atoms with E-state index in [1.165, 1.54) is 0 Å². The molecule has 1 heterocycles. The molecule has 1 aliphatic heterocycles. The summed E-state index contributed by atoms with van der Waals surface area (Å²) in [5.74, 6) is 0. The normalized spacial score (nSPS) is 22.7. The fourth-order valence-corrected chi connectivity index (χ4v) is 0.623. The molecule has 0 amide bonds. The quantitative estimate of drug-likeness (QED) is 0.407. The van der Waals surface area contributed by atoms with Gasteiger partial charge in [0.25, 0.3) is 0 Å². The molecule has 0 atom stereocenters. The summed E-state index contributed by atoms with van der Waals surface area (Å²) >= 11 is 4.83. The number of hydrogen-bond donors (Lipinski definition) is 2. The average Bonchev–Trinajstić information content (AvgIpc) is 1.86. The van der Waals surface area contributed by atoms with E-state index in [2.05, 4.69) is 10.6 Å². The molecule has 2 N–H and O–H groups in total. The fraction of sp³-hybridized carbons (Fsp3) is 0.667. The van der Waals surface area contributed by atoms with Gasteiger partial charge in [-0.05, 0) is 0 Å². The van der Waals surface area contributed by atoms with Crippen LogP contribution in [-0.2, 0) is 15.6 Å². The van der Waals surface area contributed by atoms with Crippen molar-refractivity contribution in [2.24, 2.45) is 0 Å². The second-order valence-electron chi connectivity index (χ2n) is 1.13. The van der Waals surface area contributed by atoms with Crippen LogP contribution < -0.4 is 10.6 Å². The van der Waals surface area contributed by atoms with Gasteiger partial charge in [-0.25, -0.2) is 0 Å². The third-order valence-electron chi connectivity index (χ3n) is 0.658. The van der Waals surface area contributed by atoms with Gasteiger partial charge in [0.2, 0.25) is 0 Å². The third kappa shape index (κ3) is 0.883. The second kappa shape index (κ2) is 1.85. The van der Waals surface area contributed by atoms with Crippen molar-refractivity contribution in [3.63, 3.8) is 0 Å². The molecule has 2 nitrogen and oxygen atoms in total. The summed E-state index contributed by atoms with van der Waals surface area (Å²) in [6, 6.07) is 0. The standard InChI is InChI=1S/C3H6N2.Cu/c1-2-5-3-4-1;/h4-5H,1-2H2;. The fourth-order valence-electron chi connectivity index (χ4n) is 0.388. The Kier molecular flexibility index (Phi) is 1.37. The van der Waals surface area contributed by atoms with E-state index in [-0.39, 0.29) is 0 Å². The summed E-state index contributed by atoms with van der Waals surface area (Å²) < 4.78 is 0.766. The zero-order chi connectivity index (χ0) is 4.41. The van der Waals surface area contributed by atoms with E-state index in [0.717, 1.165) is 17.8 Å². The Labute approximate surface area is 44.7 Å². The Morgan fingerprint density at radius 1 is 1.33 bits per heavy atom. The molecule has 1 fully saturated rings. The maximum atomic E-state index is 4.83. The second-order valence-corrected chi connectivity index (χ2v) is 1.60. The SMILES string of the molecule is [Cu]=[C]1NCCN1. The Hall–Kier alpha value is 0.309. The van der Waals surface area contributed by atoms with Crippen LogP contribution in [-0.4, -0.2) is 17.8 Å². The van der Waals surface area contributed by atoms with Gasteiger partial charge in [-0.1, -0.05) is 0 Å². The summed E-state index contributed by atoms with van der Waals surface area (Å²) in [5, 5.41) is 5.86. The van der Waals surface area contributed by atoms with E-state index in [4.69, 9.17) is 15.6 Å². The number of nitrogens with one attached hydrogen (secondary N) is 2. The van der Waals surface area contributed by atoms with Crippen molar-refractivity contribution in [1.29, 1.82) is 0 Å². The van der Waals surface area contributed by atoms with Gasteiger partial charge in [-0.15, -0.1) is 0 Å². The molecule has 0 aromatic heterocycles. The molecule has 0 aromatic carbocycles. The van der Waals surface area contributed by atoms with Gasteiger partial charge in [-0.2, -0.15) is 0 Å². The number of rotatable bonds is 0. The molecule has 0 aliphatic carbocycles. The molecule has 1 saturated heterocycles. The molecular formula is C3H6CuN2. The van der Waals surface area contributed by atoms with Crippen LogP contribution in [0.5, 0.6) is 0 Å². The molecule has 39 valence electrons. The number of hydrogen-bond acceptors (Lipinski definition) is 2. The predicted octanol–water partition coefficient (Wildman–Crippen LogP) is -1.19. The van der Waals surface area contributed by atoms with E-state index in [0.29, 0.717) is 0 Å². The average molecular weight is 134 g/mol. The minimum absolute atomic E-state index is 0.766. The Balaban J connectivity index is 2.37. The predicted molar refractivity (Wildman–Crippen MR) is 21.0 cm³/mol. The van der Waals surface area contributed by atoms with Crippen LogP contribution in [0.4, 0.5) is 0 Å². The van der Waals surface area contributed by atoms with Gasteiger partial charge in [0, 0.05) is 0 Å². The van der Waals surface area contributed by atoms with Crippen LogP contribution in [0.15, 0.2) is 0 Å². The Morgan fingerprint density at radius 3 is 2.00 bits per heavy atom. The van der Waals surface area contributed by atoms with Gasteiger partial charge in [0.05, 0.1) is 0 Å². The summed E-state index contributed by atoms with van der Waals surface area (Å²) in [6.07, 6.45) is 0. The van der Waals surface area contributed by atoms with E-state index in [9.17, 15) is 0 Å². The van der Waals surface area contributed by atoms with Gasteiger partial charge < -0.3 is 0 Å². The van der Waals surface area contributed by atoms with Gasteiger partial charge in [-0.3, -0.25) is 0 Å². The summed E-state index contributed by atoms with van der Waals surface area (Å²) in [4.78, 5) is 0. The third-order valence-corrected chi connectivity index (χ3v) is 0.991. The molecule has 0 radical (unpaired) electrons. The molecule has 0 spiro atoms. The molecule has 0 aromatic rings. The first-order chi connectivity index (χ1) is 2.89. The zero-order valence-electron chi connectivity index (χ0n) is 3.22. The van der Waals surface area contributed by atoms with E-state index in [1.54, 1.807) is 0 Å². The Morgan fingerprint density at radius 2 is 1.83 bits per heavy atom. The van der Waals surface area contributed by atoms with Crippen LogP contribution in [0.2, 0.25) is 0 Å². The van der Waals surface area contributed by atoms with Gasteiger partial charge in [0.15, 0.2) is 0 Å². The molecule has 0 unspecified atom stereocenters. The van der Waals surface area contributed by atoms with Crippen LogP contribution in [0.3, 0.4) is 0 Å². The van der Waals surface area contributed by atoms with Crippen molar-refractivity contribution < 1.29 is 15.6 Å². The topological polar surface area (TPSA) is 24.1 Å². The van der Waals surface area contributed by atoms with Crippen molar-refractivity contribution in [1.82, 2.24) is 10.6 Å². The molecular weight excluding hydrogens is 128 g/mol. The van der Waals surface area contributed by atoms with E-state index < -0.39 is 0 Å². The zero-order valence-corrected chi connectivity index (χ0v) is 4.16. The van der Waals surface area contributed by atoms with Gasteiger partial charge >= 0.3 is 44.0 Å². The molecule has 0 saturated carbocycles. The van der Waals surface area contributed by atoms with E-state index >= 15 is 0 Å². The summed E-state index contributed by atoms with van der Waals surface area (Å²) in [5.41, 5.74) is 0. The summed E-state index contributed by atoms with van der Waals surface area (Å²) in [7, 11) is 0. The summed E-state index contributed by atoms with van der Waals surface area (Å²) in [6.45, 7) is 1.96. The first-order valence-electron chi connectivity index (χ1n) is 1.86. The van der Waals surface area contributed by atoms with E-state index in [1.807, 2.05) is 0 Å².